The Morgan fingerprint density at radius 2 is 2.00 bits per heavy atom. The molecule has 2 N–H and O–H groups in total. The van der Waals surface area contributed by atoms with E-state index in [1.165, 1.54) is 0 Å². The van der Waals surface area contributed by atoms with Crippen molar-refractivity contribution in [3.05, 3.63) is 35.4 Å². The highest BCUT2D eigenvalue weighted by molar-refractivity contribution is 5.85. The van der Waals surface area contributed by atoms with E-state index in [1.54, 1.807) is 0 Å². The standard InChI is InChI=1S/C16H23N3O2.ClH/c1-17-9-8-15(20)18-11-13-5-2-3-6-14(13)12-19-10-4-7-16(19)21;/h2-3,5-6,17H,4,7-12H2,1H3,(H,18,20);1H. The Balaban J connectivity index is 0.00000242. The van der Waals surface area contributed by atoms with Crippen molar-refractivity contribution in [1.82, 2.24) is 15.5 Å². The van der Waals surface area contributed by atoms with E-state index in [1.807, 2.05) is 36.2 Å². The zero-order valence-corrected chi connectivity index (χ0v) is 13.7. The summed E-state index contributed by atoms with van der Waals surface area (Å²) in [5.74, 6) is 0.263. The van der Waals surface area contributed by atoms with Gasteiger partial charge in [-0.3, -0.25) is 9.59 Å². The summed E-state index contributed by atoms with van der Waals surface area (Å²) in [4.78, 5) is 25.3. The first-order chi connectivity index (χ1) is 10.2. The SMILES string of the molecule is CNCCC(=O)NCc1ccccc1CN1CCCC1=O.Cl. The first-order valence-electron chi connectivity index (χ1n) is 7.46. The van der Waals surface area contributed by atoms with Crippen LogP contribution in [-0.2, 0) is 22.7 Å². The summed E-state index contributed by atoms with van der Waals surface area (Å²) in [6, 6.07) is 7.97. The zero-order valence-electron chi connectivity index (χ0n) is 12.9. The molecule has 0 spiro atoms. The largest absolute Gasteiger partial charge is 0.352 e. The minimum Gasteiger partial charge on any atom is -0.352 e. The van der Waals surface area contributed by atoms with E-state index in [2.05, 4.69) is 10.6 Å². The molecule has 5 nitrogen and oxygen atoms in total. The van der Waals surface area contributed by atoms with E-state index >= 15 is 0 Å². The summed E-state index contributed by atoms with van der Waals surface area (Å²) < 4.78 is 0. The molecule has 0 radical (unpaired) electrons. The average molecular weight is 326 g/mol. The summed E-state index contributed by atoms with van der Waals surface area (Å²) in [7, 11) is 1.83. The van der Waals surface area contributed by atoms with Crippen LogP contribution in [0.4, 0.5) is 0 Å². The van der Waals surface area contributed by atoms with E-state index in [-0.39, 0.29) is 24.2 Å². The van der Waals surface area contributed by atoms with Crippen LogP contribution in [0.15, 0.2) is 24.3 Å². The molecule has 1 aliphatic heterocycles. The van der Waals surface area contributed by atoms with Gasteiger partial charge in [0.05, 0.1) is 0 Å². The van der Waals surface area contributed by atoms with Crippen molar-refractivity contribution in [2.75, 3.05) is 20.1 Å². The van der Waals surface area contributed by atoms with Crippen molar-refractivity contribution in [1.29, 1.82) is 0 Å². The molecule has 1 fully saturated rings. The quantitative estimate of drug-likeness (QED) is 0.798. The van der Waals surface area contributed by atoms with Crippen LogP contribution < -0.4 is 10.6 Å². The van der Waals surface area contributed by atoms with Crippen LogP contribution in [0.5, 0.6) is 0 Å². The molecule has 0 saturated carbocycles. The number of halogens is 1. The average Bonchev–Trinajstić information content (AvgIpc) is 2.89. The normalized spacial score (nSPS) is 13.9. The van der Waals surface area contributed by atoms with E-state index < -0.39 is 0 Å². The molecule has 1 aromatic carbocycles. The number of hydrogen-bond acceptors (Lipinski definition) is 3. The smallest absolute Gasteiger partial charge is 0.222 e. The molecule has 122 valence electrons. The number of benzene rings is 1. The molecular formula is C16H24ClN3O2. The molecule has 0 aliphatic carbocycles. The molecule has 22 heavy (non-hydrogen) atoms. The van der Waals surface area contributed by atoms with Crippen LogP contribution in [0, 0.1) is 0 Å². The predicted molar refractivity (Wildman–Crippen MR) is 88.7 cm³/mol. The summed E-state index contributed by atoms with van der Waals surface area (Å²) in [5, 5.41) is 5.88. The second-order valence-electron chi connectivity index (χ2n) is 5.32. The third-order valence-electron chi connectivity index (χ3n) is 3.73. The lowest BCUT2D eigenvalue weighted by atomic mass is 10.1. The second kappa shape index (κ2) is 9.43. The van der Waals surface area contributed by atoms with Crippen molar-refractivity contribution < 1.29 is 9.59 Å². The summed E-state index contributed by atoms with van der Waals surface area (Å²) in [6.45, 7) is 2.67. The monoisotopic (exact) mass is 325 g/mol. The van der Waals surface area contributed by atoms with Crippen molar-refractivity contribution in [3.8, 4) is 0 Å². The van der Waals surface area contributed by atoms with Crippen LogP contribution in [0.2, 0.25) is 0 Å². The van der Waals surface area contributed by atoms with E-state index in [4.69, 9.17) is 0 Å². The van der Waals surface area contributed by atoms with Crippen LogP contribution in [0.1, 0.15) is 30.4 Å². The maximum absolute atomic E-state index is 11.7. The van der Waals surface area contributed by atoms with Gasteiger partial charge in [-0.1, -0.05) is 24.3 Å². The van der Waals surface area contributed by atoms with Crippen molar-refractivity contribution in [2.45, 2.75) is 32.4 Å². The lowest BCUT2D eigenvalue weighted by Crippen LogP contribution is -2.28. The molecule has 0 unspecified atom stereocenters. The fourth-order valence-corrected chi connectivity index (χ4v) is 2.48. The van der Waals surface area contributed by atoms with Crippen LogP contribution in [0.3, 0.4) is 0 Å². The van der Waals surface area contributed by atoms with Gasteiger partial charge in [0.2, 0.25) is 11.8 Å². The summed E-state index contributed by atoms with van der Waals surface area (Å²) >= 11 is 0. The Labute approximate surface area is 137 Å². The highest BCUT2D eigenvalue weighted by atomic mass is 35.5. The fraction of sp³-hybridized carbons (Fsp3) is 0.500. The summed E-state index contributed by atoms with van der Waals surface area (Å²) in [6.07, 6.45) is 2.08. The van der Waals surface area contributed by atoms with Gasteiger partial charge in [-0.05, 0) is 24.6 Å². The van der Waals surface area contributed by atoms with Crippen molar-refractivity contribution >= 4 is 24.2 Å². The van der Waals surface area contributed by atoms with Gasteiger partial charge in [0.25, 0.3) is 0 Å². The summed E-state index contributed by atoms with van der Waals surface area (Å²) in [5.41, 5.74) is 2.19. The van der Waals surface area contributed by atoms with Crippen molar-refractivity contribution in [2.24, 2.45) is 0 Å². The molecular weight excluding hydrogens is 302 g/mol. The molecule has 1 aliphatic rings. The van der Waals surface area contributed by atoms with E-state index in [9.17, 15) is 9.59 Å². The molecule has 1 heterocycles. The Bertz CT molecular complexity index is 508. The molecule has 2 amide bonds. The number of likely N-dealkylation sites (tertiary alicyclic amines) is 1. The Hall–Kier alpha value is -1.59. The van der Waals surface area contributed by atoms with Gasteiger partial charge in [-0.25, -0.2) is 0 Å². The highest BCUT2D eigenvalue weighted by Crippen LogP contribution is 2.17. The van der Waals surface area contributed by atoms with Crippen LogP contribution in [-0.4, -0.2) is 36.9 Å². The molecule has 0 atom stereocenters. The number of amides is 2. The third kappa shape index (κ3) is 5.31. The van der Waals surface area contributed by atoms with Gasteiger partial charge < -0.3 is 15.5 Å². The maximum atomic E-state index is 11.7. The molecule has 0 bridgehead atoms. The van der Waals surface area contributed by atoms with Gasteiger partial charge in [0.15, 0.2) is 0 Å². The molecule has 0 aromatic heterocycles. The number of nitrogens with one attached hydrogen (secondary N) is 2. The number of carbonyl (C=O) groups is 2. The van der Waals surface area contributed by atoms with E-state index in [0.717, 1.165) is 24.1 Å². The number of carbonyl (C=O) groups excluding carboxylic acids is 2. The minimum absolute atomic E-state index is 0. The highest BCUT2D eigenvalue weighted by Gasteiger charge is 2.20. The maximum Gasteiger partial charge on any atom is 0.222 e. The van der Waals surface area contributed by atoms with E-state index in [0.29, 0.717) is 32.5 Å². The predicted octanol–water partition coefficient (Wildman–Crippen LogP) is 1.46. The topological polar surface area (TPSA) is 61.4 Å². The Morgan fingerprint density at radius 3 is 2.64 bits per heavy atom. The third-order valence-corrected chi connectivity index (χ3v) is 3.73. The van der Waals surface area contributed by atoms with Gasteiger partial charge in [0.1, 0.15) is 0 Å². The second-order valence-corrected chi connectivity index (χ2v) is 5.32. The fourth-order valence-electron chi connectivity index (χ4n) is 2.48. The lowest BCUT2D eigenvalue weighted by molar-refractivity contribution is -0.128. The number of rotatable bonds is 7. The first-order valence-corrected chi connectivity index (χ1v) is 7.46. The zero-order chi connectivity index (χ0) is 15.1. The molecule has 6 heteroatoms. The van der Waals surface area contributed by atoms with Gasteiger partial charge >= 0.3 is 0 Å². The van der Waals surface area contributed by atoms with Gasteiger partial charge in [-0.2, -0.15) is 0 Å². The molecule has 1 saturated heterocycles. The number of nitrogens with zero attached hydrogens (tertiary/aromatic N) is 1. The van der Waals surface area contributed by atoms with Gasteiger partial charge in [-0.15, -0.1) is 12.4 Å². The lowest BCUT2D eigenvalue weighted by Gasteiger charge is -2.18. The first kappa shape index (κ1) is 18.5. The number of hydrogen-bond donors (Lipinski definition) is 2. The Kier molecular flexibility index (Phi) is 7.91. The Morgan fingerprint density at radius 1 is 1.27 bits per heavy atom. The van der Waals surface area contributed by atoms with Crippen LogP contribution in [0.25, 0.3) is 0 Å². The van der Waals surface area contributed by atoms with Crippen LogP contribution >= 0.6 is 12.4 Å². The van der Waals surface area contributed by atoms with Gasteiger partial charge in [0, 0.05) is 39.0 Å². The molecule has 2 rings (SSSR count). The van der Waals surface area contributed by atoms with Crippen molar-refractivity contribution in [3.63, 3.8) is 0 Å². The molecule has 1 aromatic rings. The minimum atomic E-state index is 0.